The summed E-state index contributed by atoms with van der Waals surface area (Å²) in [7, 11) is -0.517. The van der Waals surface area contributed by atoms with Crippen molar-refractivity contribution in [3.63, 3.8) is 0 Å². The second-order valence-electron chi connectivity index (χ2n) is 4.90. The van der Waals surface area contributed by atoms with E-state index >= 15 is 0 Å². The smallest absolute Gasteiger partial charge is 0.251 e. The van der Waals surface area contributed by atoms with Crippen LogP contribution < -0.4 is 5.32 Å². The van der Waals surface area contributed by atoms with Crippen molar-refractivity contribution in [3.8, 4) is 0 Å². The van der Waals surface area contributed by atoms with E-state index in [0.29, 0.717) is 12.1 Å². The van der Waals surface area contributed by atoms with Crippen LogP contribution in [0.3, 0.4) is 0 Å². The van der Waals surface area contributed by atoms with Crippen LogP contribution in [0.25, 0.3) is 0 Å². The summed E-state index contributed by atoms with van der Waals surface area (Å²) >= 11 is 1.66. The molecule has 1 heterocycles. The zero-order valence-corrected chi connectivity index (χ0v) is 14.1. The van der Waals surface area contributed by atoms with Gasteiger partial charge in [0.2, 0.25) is 10.0 Å². The number of amides is 1. The first-order valence-corrected chi connectivity index (χ1v) is 9.06. The molecule has 1 aromatic carbocycles. The van der Waals surface area contributed by atoms with Crippen molar-refractivity contribution in [1.82, 2.24) is 9.62 Å². The Morgan fingerprint density at radius 2 is 1.86 bits per heavy atom. The minimum absolute atomic E-state index is 0.174. The fraction of sp³-hybridized carbons (Fsp3) is 0.267. The first-order valence-electron chi connectivity index (χ1n) is 6.74. The highest BCUT2D eigenvalue weighted by atomic mass is 32.2. The third kappa shape index (κ3) is 3.94. The molecule has 0 bridgehead atoms. The van der Waals surface area contributed by atoms with Gasteiger partial charge in [-0.05, 0) is 42.1 Å². The van der Waals surface area contributed by atoms with E-state index in [4.69, 9.17) is 0 Å². The number of hydrogen-bond acceptors (Lipinski definition) is 4. The normalized spacial score (nSPS) is 11.6. The van der Waals surface area contributed by atoms with Crippen LogP contribution in [0.1, 0.15) is 15.2 Å². The molecule has 1 amide bonds. The Labute approximate surface area is 134 Å². The van der Waals surface area contributed by atoms with Crippen LogP contribution in [0.4, 0.5) is 0 Å². The Kier molecular flexibility index (Phi) is 5.33. The maximum absolute atomic E-state index is 12.0. The lowest BCUT2D eigenvalue weighted by atomic mass is 10.2. The average molecular weight is 338 g/mol. The summed E-state index contributed by atoms with van der Waals surface area (Å²) < 4.78 is 25.0. The van der Waals surface area contributed by atoms with Crippen molar-refractivity contribution in [2.75, 3.05) is 20.6 Å². The second kappa shape index (κ2) is 7.04. The number of rotatable bonds is 6. The van der Waals surface area contributed by atoms with Crippen molar-refractivity contribution < 1.29 is 13.2 Å². The topological polar surface area (TPSA) is 66.5 Å². The first kappa shape index (κ1) is 16.7. The predicted octanol–water partition coefficient (Wildman–Crippen LogP) is 1.97. The van der Waals surface area contributed by atoms with Crippen molar-refractivity contribution in [3.05, 3.63) is 52.2 Å². The minimum Gasteiger partial charge on any atom is -0.352 e. The molecule has 0 saturated heterocycles. The first-order chi connectivity index (χ1) is 10.4. The predicted molar refractivity (Wildman–Crippen MR) is 87.7 cm³/mol. The van der Waals surface area contributed by atoms with Crippen LogP contribution in [0, 0.1) is 0 Å². The second-order valence-corrected chi connectivity index (χ2v) is 8.08. The Hall–Kier alpha value is -1.70. The van der Waals surface area contributed by atoms with Crippen LogP contribution >= 0.6 is 11.3 Å². The number of nitrogens with zero attached hydrogens (tertiary/aromatic N) is 1. The van der Waals surface area contributed by atoms with Gasteiger partial charge >= 0.3 is 0 Å². The van der Waals surface area contributed by atoms with E-state index in [1.807, 2.05) is 17.5 Å². The van der Waals surface area contributed by atoms with Gasteiger partial charge in [0, 0.05) is 31.1 Å². The molecule has 0 atom stereocenters. The molecule has 1 aromatic heterocycles. The zero-order chi connectivity index (χ0) is 16.2. The van der Waals surface area contributed by atoms with Crippen LogP contribution in [-0.4, -0.2) is 39.3 Å². The highest BCUT2D eigenvalue weighted by Gasteiger charge is 2.17. The molecule has 118 valence electrons. The number of hydrogen-bond donors (Lipinski definition) is 1. The van der Waals surface area contributed by atoms with Gasteiger partial charge in [-0.1, -0.05) is 6.07 Å². The monoisotopic (exact) mass is 338 g/mol. The summed E-state index contributed by atoms with van der Waals surface area (Å²) in [6.07, 6.45) is 0.788. The quantitative estimate of drug-likeness (QED) is 0.876. The van der Waals surface area contributed by atoms with Gasteiger partial charge in [0.15, 0.2) is 0 Å². The molecule has 0 fully saturated rings. The van der Waals surface area contributed by atoms with Crippen molar-refractivity contribution in [2.45, 2.75) is 11.3 Å². The van der Waals surface area contributed by atoms with Crippen LogP contribution in [0.2, 0.25) is 0 Å². The highest BCUT2D eigenvalue weighted by Crippen LogP contribution is 2.14. The standard InChI is InChI=1S/C15H18N2O3S2/c1-17(2)22(19,20)14-7-5-12(6-8-14)15(18)16-10-9-13-4-3-11-21-13/h3-8,11H,9-10H2,1-2H3,(H,16,18). The number of sulfonamides is 1. The Morgan fingerprint density at radius 1 is 1.18 bits per heavy atom. The van der Waals surface area contributed by atoms with E-state index in [1.54, 1.807) is 11.3 Å². The molecule has 2 aromatic rings. The van der Waals surface area contributed by atoms with Gasteiger partial charge in [-0.3, -0.25) is 4.79 Å². The molecule has 2 rings (SSSR count). The van der Waals surface area contributed by atoms with Crippen molar-refractivity contribution in [2.24, 2.45) is 0 Å². The third-order valence-electron chi connectivity index (χ3n) is 3.13. The van der Waals surface area contributed by atoms with Crippen LogP contribution in [0.5, 0.6) is 0 Å². The molecule has 0 saturated carbocycles. The fourth-order valence-electron chi connectivity index (χ4n) is 1.85. The van der Waals surface area contributed by atoms with Gasteiger partial charge in [-0.2, -0.15) is 0 Å². The lowest BCUT2D eigenvalue weighted by Crippen LogP contribution is -2.26. The number of nitrogens with one attached hydrogen (secondary N) is 1. The molecule has 0 spiro atoms. The summed E-state index contributed by atoms with van der Waals surface area (Å²) in [5, 5.41) is 4.83. The zero-order valence-electron chi connectivity index (χ0n) is 12.4. The molecule has 0 aliphatic carbocycles. The van der Waals surface area contributed by atoms with E-state index in [9.17, 15) is 13.2 Å². The number of carbonyl (C=O) groups excluding carboxylic acids is 1. The van der Waals surface area contributed by atoms with E-state index in [-0.39, 0.29) is 10.8 Å². The SMILES string of the molecule is CN(C)S(=O)(=O)c1ccc(C(=O)NCCc2cccs2)cc1. The molecule has 7 heteroatoms. The molecule has 5 nitrogen and oxygen atoms in total. The van der Waals surface area contributed by atoms with Gasteiger partial charge in [-0.15, -0.1) is 11.3 Å². The molecule has 0 unspecified atom stereocenters. The van der Waals surface area contributed by atoms with E-state index in [0.717, 1.165) is 10.7 Å². The maximum atomic E-state index is 12.0. The fourth-order valence-corrected chi connectivity index (χ4v) is 3.46. The average Bonchev–Trinajstić information content (AvgIpc) is 3.00. The number of benzene rings is 1. The highest BCUT2D eigenvalue weighted by molar-refractivity contribution is 7.89. The van der Waals surface area contributed by atoms with Gasteiger partial charge in [-0.25, -0.2) is 12.7 Å². The third-order valence-corrected chi connectivity index (χ3v) is 5.90. The van der Waals surface area contributed by atoms with E-state index in [2.05, 4.69) is 5.32 Å². The lowest BCUT2D eigenvalue weighted by molar-refractivity contribution is 0.0954. The number of carbonyl (C=O) groups is 1. The minimum atomic E-state index is -3.46. The summed E-state index contributed by atoms with van der Waals surface area (Å²) in [4.78, 5) is 13.4. The molecular formula is C15H18N2O3S2. The molecule has 0 aliphatic heterocycles. The van der Waals surface area contributed by atoms with Gasteiger partial charge in [0.05, 0.1) is 4.90 Å². The molecular weight excluding hydrogens is 320 g/mol. The summed E-state index contributed by atoms with van der Waals surface area (Å²) in [6, 6.07) is 9.95. The van der Waals surface area contributed by atoms with Crippen LogP contribution in [-0.2, 0) is 16.4 Å². The summed E-state index contributed by atoms with van der Waals surface area (Å²) in [6.45, 7) is 0.553. The Balaban J connectivity index is 1.96. The molecule has 1 N–H and O–H groups in total. The van der Waals surface area contributed by atoms with Crippen molar-refractivity contribution in [1.29, 1.82) is 0 Å². The summed E-state index contributed by atoms with van der Waals surface area (Å²) in [5.74, 6) is -0.203. The molecule has 0 aliphatic rings. The lowest BCUT2D eigenvalue weighted by Gasteiger charge is -2.11. The van der Waals surface area contributed by atoms with E-state index in [1.165, 1.54) is 43.2 Å². The Bertz CT molecular complexity index is 721. The van der Waals surface area contributed by atoms with Gasteiger partial charge in [0.1, 0.15) is 0 Å². The number of thiophene rings is 1. The maximum Gasteiger partial charge on any atom is 0.251 e. The Morgan fingerprint density at radius 3 is 2.41 bits per heavy atom. The largest absolute Gasteiger partial charge is 0.352 e. The molecule has 22 heavy (non-hydrogen) atoms. The van der Waals surface area contributed by atoms with Gasteiger partial charge in [0.25, 0.3) is 5.91 Å². The molecule has 0 radical (unpaired) electrons. The summed E-state index contributed by atoms with van der Waals surface area (Å²) in [5.41, 5.74) is 0.448. The van der Waals surface area contributed by atoms with Gasteiger partial charge < -0.3 is 5.32 Å². The van der Waals surface area contributed by atoms with Crippen LogP contribution in [0.15, 0.2) is 46.7 Å². The van der Waals surface area contributed by atoms with E-state index < -0.39 is 10.0 Å². The van der Waals surface area contributed by atoms with Crippen molar-refractivity contribution >= 4 is 27.3 Å².